The molecule has 1 heteroatoms. The fraction of sp³-hybridized carbons (Fsp3) is 0.783. The first kappa shape index (κ1) is 23.1. The summed E-state index contributed by atoms with van der Waals surface area (Å²) < 4.78 is 0. The SMILES string of the molecule is CC(=O)CC/C=C(/C)CCCC(C)CC/C=C(\C)CCCC(C)C. The maximum Gasteiger partial charge on any atom is 0.130 e. The van der Waals surface area contributed by atoms with Crippen molar-refractivity contribution in [3.05, 3.63) is 23.3 Å². The Hall–Kier alpha value is -0.850. The number of allylic oxidation sites excluding steroid dienone is 4. The number of carbonyl (C=O) groups is 1. The first-order valence-electron chi connectivity index (χ1n) is 10.1. The van der Waals surface area contributed by atoms with Crippen LogP contribution >= 0.6 is 0 Å². The number of hydrogen-bond acceptors (Lipinski definition) is 1. The molecule has 0 radical (unpaired) electrons. The van der Waals surface area contributed by atoms with Gasteiger partial charge in [-0.1, -0.05) is 56.9 Å². The summed E-state index contributed by atoms with van der Waals surface area (Å²) in [5, 5.41) is 0. The molecule has 0 aromatic heterocycles. The second-order valence-electron chi connectivity index (χ2n) is 8.20. The van der Waals surface area contributed by atoms with E-state index in [1.54, 1.807) is 12.5 Å². The van der Waals surface area contributed by atoms with E-state index in [1.165, 1.54) is 56.9 Å². The monoisotopic (exact) mass is 334 g/mol. The molecule has 0 saturated heterocycles. The lowest BCUT2D eigenvalue weighted by atomic mass is 9.96. The summed E-state index contributed by atoms with van der Waals surface area (Å²) in [5.74, 6) is 1.94. The molecule has 1 nitrogen and oxygen atoms in total. The Morgan fingerprint density at radius 3 is 1.83 bits per heavy atom. The van der Waals surface area contributed by atoms with E-state index in [0.717, 1.165) is 18.3 Å². The van der Waals surface area contributed by atoms with Crippen LogP contribution < -0.4 is 0 Å². The Morgan fingerprint density at radius 1 is 0.750 bits per heavy atom. The predicted octanol–water partition coefficient (Wildman–Crippen LogP) is 7.66. The summed E-state index contributed by atoms with van der Waals surface area (Å²) in [5.41, 5.74) is 3.02. The minimum Gasteiger partial charge on any atom is -0.300 e. The predicted molar refractivity (Wildman–Crippen MR) is 108 cm³/mol. The van der Waals surface area contributed by atoms with Crippen LogP contribution in [0, 0.1) is 11.8 Å². The molecule has 24 heavy (non-hydrogen) atoms. The second-order valence-corrected chi connectivity index (χ2v) is 8.20. The lowest BCUT2D eigenvalue weighted by Gasteiger charge is -2.10. The fourth-order valence-corrected chi connectivity index (χ4v) is 3.00. The average Bonchev–Trinajstić information content (AvgIpc) is 2.46. The van der Waals surface area contributed by atoms with Gasteiger partial charge in [-0.15, -0.1) is 0 Å². The average molecular weight is 335 g/mol. The molecule has 0 aromatic carbocycles. The van der Waals surface area contributed by atoms with Gasteiger partial charge in [-0.2, -0.15) is 0 Å². The van der Waals surface area contributed by atoms with E-state index in [2.05, 4.69) is 46.8 Å². The maximum absolute atomic E-state index is 10.9. The first-order chi connectivity index (χ1) is 11.3. The zero-order valence-electron chi connectivity index (χ0n) is 17.3. The molecule has 0 aliphatic carbocycles. The summed E-state index contributed by atoms with van der Waals surface area (Å²) in [6, 6.07) is 0. The van der Waals surface area contributed by atoms with Crippen molar-refractivity contribution in [1.29, 1.82) is 0 Å². The highest BCUT2D eigenvalue weighted by Crippen LogP contribution is 2.19. The van der Waals surface area contributed by atoms with E-state index in [9.17, 15) is 4.79 Å². The second kappa shape index (κ2) is 14.5. The van der Waals surface area contributed by atoms with Gasteiger partial charge >= 0.3 is 0 Å². The van der Waals surface area contributed by atoms with Crippen LogP contribution in [-0.2, 0) is 4.79 Å². The molecule has 0 saturated carbocycles. The van der Waals surface area contributed by atoms with Gasteiger partial charge < -0.3 is 4.79 Å². The molecular weight excluding hydrogens is 292 g/mol. The van der Waals surface area contributed by atoms with Crippen LogP contribution in [0.4, 0.5) is 0 Å². The Morgan fingerprint density at radius 2 is 1.29 bits per heavy atom. The quantitative estimate of drug-likeness (QED) is 0.298. The molecule has 1 unspecified atom stereocenters. The molecular formula is C23H42O. The third-order valence-electron chi connectivity index (χ3n) is 4.76. The van der Waals surface area contributed by atoms with Crippen LogP contribution in [-0.4, -0.2) is 5.78 Å². The Balaban J connectivity index is 3.75. The molecule has 1 atom stereocenters. The lowest BCUT2D eigenvalue weighted by molar-refractivity contribution is -0.116. The van der Waals surface area contributed by atoms with Gasteiger partial charge in [0, 0.05) is 6.42 Å². The number of hydrogen-bond donors (Lipinski definition) is 0. The Bertz CT molecular complexity index is 387. The van der Waals surface area contributed by atoms with E-state index in [4.69, 9.17) is 0 Å². The van der Waals surface area contributed by atoms with Gasteiger partial charge in [0.25, 0.3) is 0 Å². The normalized spacial score (nSPS) is 14.3. The Kier molecular flexibility index (Phi) is 14.0. The van der Waals surface area contributed by atoms with Crippen molar-refractivity contribution < 1.29 is 4.79 Å². The van der Waals surface area contributed by atoms with Crippen molar-refractivity contribution in [3.8, 4) is 0 Å². The van der Waals surface area contributed by atoms with Gasteiger partial charge in [-0.25, -0.2) is 0 Å². The maximum atomic E-state index is 10.9. The third-order valence-corrected chi connectivity index (χ3v) is 4.76. The molecule has 0 aliphatic rings. The van der Waals surface area contributed by atoms with Gasteiger partial charge in [0.1, 0.15) is 5.78 Å². The summed E-state index contributed by atoms with van der Waals surface area (Å²) in [7, 11) is 0. The lowest BCUT2D eigenvalue weighted by Crippen LogP contribution is -1.95. The number of ketones is 1. The molecule has 0 rings (SSSR count). The van der Waals surface area contributed by atoms with E-state index in [-0.39, 0.29) is 0 Å². The highest BCUT2D eigenvalue weighted by Gasteiger charge is 2.02. The molecule has 0 spiro atoms. The molecule has 140 valence electrons. The molecule has 0 bridgehead atoms. The fourth-order valence-electron chi connectivity index (χ4n) is 3.00. The number of carbonyl (C=O) groups excluding carboxylic acids is 1. The highest BCUT2D eigenvalue weighted by molar-refractivity contribution is 5.75. The zero-order chi connectivity index (χ0) is 18.4. The topological polar surface area (TPSA) is 17.1 Å². The highest BCUT2D eigenvalue weighted by atomic mass is 16.1. The van der Waals surface area contributed by atoms with Gasteiger partial charge in [0.05, 0.1) is 0 Å². The van der Waals surface area contributed by atoms with Crippen molar-refractivity contribution >= 4 is 5.78 Å². The van der Waals surface area contributed by atoms with Crippen LogP contribution in [0.1, 0.15) is 106 Å². The van der Waals surface area contributed by atoms with Crippen LogP contribution in [0.2, 0.25) is 0 Å². The summed E-state index contributed by atoms with van der Waals surface area (Å²) in [6.45, 7) is 13.2. The third kappa shape index (κ3) is 16.0. The van der Waals surface area contributed by atoms with Gasteiger partial charge in [0.2, 0.25) is 0 Å². The molecule has 0 amide bonds. The standard InChI is InChI=1S/C23H42O/c1-19(2)11-7-12-20(3)13-8-14-21(4)15-9-16-22(5)17-10-18-23(6)24/h13,17,19,21H,7-12,14-16,18H2,1-6H3/b20-13+,22-17-. The van der Waals surface area contributed by atoms with Crippen LogP contribution in [0.3, 0.4) is 0 Å². The van der Waals surface area contributed by atoms with Gasteiger partial charge in [0.15, 0.2) is 0 Å². The molecule has 0 heterocycles. The smallest absolute Gasteiger partial charge is 0.130 e. The molecule has 0 N–H and O–H groups in total. The zero-order valence-corrected chi connectivity index (χ0v) is 17.3. The van der Waals surface area contributed by atoms with E-state index >= 15 is 0 Å². The van der Waals surface area contributed by atoms with Crippen molar-refractivity contribution in [3.63, 3.8) is 0 Å². The van der Waals surface area contributed by atoms with E-state index < -0.39 is 0 Å². The van der Waals surface area contributed by atoms with Crippen molar-refractivity contribution in [2.75, 3.05) is 0 Å². The van der Waals surface area contributed by atoms with Crippen LogP contribution in [0.5, 0.6) is 0 Å². The Labute approximate surface area is 152 Å². The number of rotatable bonds is 14. The summed E-state index contributed by atoms with van der Waals surface area (Å²) in [4.78, 5) is 10.9. The number of Topliss-reactive ketones (excluding diaryl/α,β-unsaturated/α-hetero) is 1. The molecule has 0 aromatic rings. The molecule has 0 fully saturated rings. The van der Waals surface area contributed by atoms with Crippen LogP contribution in [0.15, 0.2) is 23.3 Å². The minimum absolute atomic E-state index is 0.292. The van der Waals surface area contributed by atoms with Crippen LogP contribution in [0.25, 0.3) is 0 Å². The summed E-state index contributed by atoms with van der Waals surface area (Å²) >= 11 is 0. The van der Waals surface area contributed by atoms with Gasteiger partial charge in [-0.05, 0) is 77.6 Å². The van der Waals surface area contributed by atoms with Crippen molar-refractivity contribution in [2.24, 2.45) is 11.8 Å². The van der Waals surface area contributed by atoms with E-state index in [1.807, 2.05) is 0 Å². The minimum atomic E-state index is 0.292. The summed E-state index contributed by atoms with van der Waals surface area (Å²) in [6.07, 6.45) is 16.6. The van der Waals surface area contributed by atoms with Crippen molar-refractivity contribution in [1.82, 2.24) is 0 Å². The van der Waals surface area contributed by atoms with Crippen molar-refractivity contribution in [2.45, 2.75) is 106 Å². The van der Waals surface area contributed by atoms with E-state index in [0.29, 0.717) is 12.2 Å². The molecule has 0 aliphatic heterocycles. The largest absolute Gasteiger partial charge is 0.300 e. The van der Waals surface area contributed by atoms with Gasteiger partial charge in [-0.3, -0.25) is 0 Å². The first-order valence-corrected chi connectivity index (χ1v) is 10.1.